The van der Waals surface area contributed by atoms with Crippen LogP contribution in [0.25, 0.3) is 0 Å². The largest absolute Gasteiger partial charge is 0.493 e. The highest BCUT2D eigenvalue weighted by atomic mass is 32.2. The van der Waals surface area contributed by atoms with Gasteiger partial charge in [0.1, 0.15) is 18.3 Å². The summed E-state index contributed by atoms with van der Waals surface area (Å²) in [6.07, 6.45) is 2.80. The summed E-state index contributed by atoms with van der Waals surface area (Å²) in [5.41, 5.74) is 1.06. The fourth-order valence-corrected chi connectivity index (χ4v) is 2.87. The molecule has 0 aliphatic carbocycles. The summed E-state index contributed by atoms with van der Waals surface area (Å²) in [4.78, 5) is 24.5. The average Bonchev–Trinajstić information content (AvgIpc) is 2.59. The number of carbonyl (C=O) groups excluding carboxylic acids is 2. The quantitative estimate of drug-likeness (QED) is 0.548. The van der Waals surface area contributed by atoms with Crippen LogP contribution in [0.3, 0.4) is 0 Å². The van der Waals surface area contributed by atoms with Crippen LogP contribution in [0, 0.1) is 5.92 Å². The van der Waals surface area contributed by atoms with E-state index in [1.54, 1.807) is 11.8 Å². The summed E-state index contributed by atoms with van der Waals surface area (Å²) in [7, 11) is 0. The van der Waals surface area contributed by atoms with Crippen molar-refractivity contribution in [2.45, 2.75) is 19.4 Å². The normalized spacial score (nSPS) is 19.8. The van der Waals surface area contributed by atoms with Gasteiger partial charge >= 0.3 is 12.0 Å². The highest BCUT2D eigenvalue weighted by Crippen LogP contribution is 2.35. The first-order valence-electron chi connectivity index (χ1n) is 8.22. The predicted molar refractivity (Wildman–Crippen MR) is 98.6 cm³/mol. The van der Waals surface area contributed by atoms with Crippen LogP contribution < -0.4 is 15.4 Å². The summed E-state index contributed by atoms with van der Waals surface area (Å²) in [5, 5.41) is 5.38. The lowest BCUT2D eigenvalue weighted by molar-refractivity contribution is -0.147. The summed E-state index contributed by atoms with van der Waals surface area (Å²) < 4.78 is 11.1. The van der Waals surface area contributed by atoms with Crippen molar-refractivity contribution in [2.75, 3.05) is 25.2 Å². The van der Waals surface area contributed by atoms with Crippen molar-refractivity contribution in [2.24, 2.45) is 5.92 Å². The molecule has 0 aromatic heterocycles. The maximum atomic E-state index is 12.6. The highest BCUT2D eigenvalue weighted by molar-refractivity contribution is 7.98. The zero-order chi connectivity index (χ0) is 18.2. The van der Waals surface area contributed by atoms with Crippen LogP contribution in [-0.2, 0) is 9.53 Å². The minimum Gasteiger partial charge on any atom is -0.493 e. The summed E-state index contributed by atoms with van der Waals surface area (Å²) in [5.74, 6) is 0.227. The smallest absolute Gasteiger partial charge is 0.319 e. The van der Waals surface area contributed by atoms with E-state index in [9.17, 15) is 9.59 Å². The average molecular weight is 364 g/mol. The fraction of sp³-hybridized carbons (Fsp3) is 0.444. The molecule has 0 unspecified atom stereocenters. The lowest BCUT2D eigenvalue weighted by Crippen LogP contribution is -2.51. The lowest BCUT2D eigenvalue weighted by Gasteiger charge is -2.34. The van der Waals surface area contributed by atoms with E-state index in [1.165, 1.54) is 0 Å². The molecular weight excluding hydrogens is 340 g/mol. The summed E-state index contributed by atoms with van der Waals surface area (Å²) >= 11 is 1.60. The third-order valence-electron chi connectivity index (χ3n) is 3.77. The monoisotopic (exact) mass is 364 g/mol. The van der Waals surface area contributed by atoms with Crippen LogP contribution in [0.4, 0.5) is 4.79 Å². The SMILES string of the molecule is C=C1NC(=O)N[C@H](c2ccccc2OCCC)[C@@H]1C(=O)OCCSC. The minimum absolute atomic E-state index is 0.318. The van der Waals surface area contributed by atoms with E-state index in [0.29, 0.717) is 30.4 Å². The number of thioether (sulfide) groups is 1. The molecule has 2 rings (SSSR count). The van der Waals surface area contributed by atoms with Gasteiger partial charge in [-0.1, -0.05) is 31.7 Å². The van der Waals surface area contributed by atoms with Gasteiger partial charge in [0.15, 0.2) is 0 Å². The number of nitrogens with one attached hydrogen (secondary N) is 2. The molecule has 0 bridgehead atoms. The molecular formula is C18H24N2O4S. The van der Waals surface area contributed by atoms with Gasteiger partial charge in [0, 0.05) is 17.0 Å². The maximum absolute atomic E-state index is 12.6. The molecule has 0 saturated carbocycles. The van der Waals surface area contributed by atoms with Crippen LogP contribution in [0.15, 0.2) is 36.5 Å². The molecule has 0 spiro atoms. The molecule has 1 aliphatic heterocycles. The summed E-state index contributed by atoms with van der Waals surface area (Å²) in [6, 6.07) is 6.40. The Morgan fingerprint density at radius 3 is 2.80 bits per heavy atom. The molecule has 1 saturated heterocycles. The Morgan fingerprint density at radius 2 is 2.08 bits per heavy atom. The molecule has 25 heavy (non-hydrogen) atoms. The van der Waals surface area contributed by atoms with Crippen LogP contribution in [0.1, 0.15) is 24.9 Å². The van der Waals surface area contributed by atoms with Crippen LogP contribution in [0.5, 0.6) is 5.75 Å². The number of hydrogen-bond donors (Lipinski definition) is 2. The number of benzene rings is 1. The van der Waals surface area contributed by atoms with Gasteiger partial charge in [-0.05, 0) is 18.7 Å². The molecule has 1 aromatic rings. The molecule has 1 aromatic carbocycles. The minimum atomic E-state index is -0.717. The molecule has 1 aliphatic rings. The molecule has 7 heteroatoms. The van der Waals surface area contributed by atoms with Gasteiger partial charge in [-0.25, -0.2) is 4.79 Å². The predicted octanol–water partition coefficient (Wildman–Crippen LogP) is 2.87. The second kappa shape index (κ2) is 9.36. The van der Waals surface area contributed by atoms with E-state index in [4.69, 9.17) is 9.47 Å². The number of para-hydroxylation sites is 1. The standard InChI is InChI=1S/C18H24N2O4S/c1-4-9-23-14-8-6-5-7-13(14)16-15(12(2)19-18(22)20-16)17(21)24-10-11-25-3/h5-8,15-16H,2,4,9-11H2,1,3H3,(H2,19,20,22)/t15-,16-/m1/s1. The third kappa shape index (κ3) is 4.92. The Morgan fingerprint density at radius 1 is 1.32 bits per heavy atom. The molecule has 2 N–H and O–H groups in total. The first-order valence-corrected chi connectivity index (χ1v) is 9.61. The van der Waals surface area contributed by atoms with E-state index in [-0.39, 0.29) is 0 Å². The second-order valence-corrected chi connectivity index (χ2v) is 6.61. The first kappa shape index (κ1) is 19.2. The highest BCUT2D eigenvalue weighted by Gasteiger charge is 2.40. The number of esters is 1. The van der Waals surface area contributed by atoms with Gasteiger partial charge < -0.3 is 20.1 Å². The lowest BCUT2D eigenvalue weighted by atomic mass is 9.88. The zero-order valence-electron chi connectivity index (χ0n) is 14.5. The van der Waals surface area contributed by atoms with Crippen molar-refractivity contribution in [1.82, 2.24) is 10.6 Å². The van der Waals surface area contributed by atoms with Crippen molar-refractivity contribution in [3.8, 4) is 5.75 Å². The van der Waals surface area contributed by atoms with Crippen molar-refractivity contribution in [3.05, 3.63) is 42.1 Å². The first-order chi connectivity index (χ1) is 12.1. The topological polar surface area (TPSA) is 76.7 Å². The molecule has 2 amide bonds. The summed E-state index contributed by atoms with van der Waals surface area (Å²) in [6.45, 7) is 6.73. The van der Waals surface area contributed by atoms with Gasteiger partial charge in [-0.15, -0.1) is 0 Å². The van der Waals surface area contributed by atoms with Crippen molar-refractivity contribution >= 4 is 23.8 Å². The third-order valence-corrected chi connectivity index (χ3v) is 4.35. The Hall–Kier alpha value is -2.15. The molecule has 0 radical (unpaired) electrons. The van der Waals surface area contributed by atoms with Gasteiger partial charge in [-0.2, -0.15) is 11.8 Å². The Balaban J connectivity index is 2.29. The fourth-order valence-electron chi connectivity index (χ4n) is 2.62. The molecule has 6 nitrogen and oxygen atoms in total. The number of ether oxygens (including phenoxy) is 2. The van der Waals surface area contributed by atoms with Crippen LogP contribution in [0.2, 0.25) is 0 Å². The molecule has 1 heterocycles. The van der Waals surface area contributed by atoms with E-state index in [0.717, 1.165) is 12.0 Å². The van der Waals surface area contributed by atoms with Crippen LogP contribution >= 0.6 is 11.8 Å². The Labute approximate surface area is 152 Å². The van der Waals surface area contributed by atoms with Gasteiger partial charge in [-0.3, -0.25) is 4.79 Å². The van der Waals surface area contributed by atoms with Gasteiger partial charge in [0.25, 0.3) is 0 Å². The van der Waals surface area contributed by atoms with Gasteiger partial charge in [0.05, 0.1) is 12.6 Å². The maximum Gasteiger partial charge on any atom is 0.319 e. The van der Waals surface area contributed by atoms with E-state index >= 15 is 0 Å². The zero-order valence-corrected chi connectivity index (χ0v) is 15.4. The van der Waals surface area contributed by atoms with Crippen molar-refractivity contribution in [1.29, 1.82) is 0 Å². The van der Waals surface area contributed by atoms with Crippen molar-refractivity contribution in [3.63, 3.8) is 0 Å². The van der Waals surface area contributed by atoms with Crippen molar-refractivity contribution < 1.29 is 19.1 Å². The number of amides is 2. The van der Waals surface area contributed by atoms with E-state index in [1.807, 2.05) is 37.4 Å². The van der Waals surface area contributed by atoms with Gasteiger partial charge in [0.2, 0.25) is 0 Å². The van der Waals surface area contributed by atoms with E-state index in [2.05, 4.69) is 17.2 Å². The molecule has 1 fully saturated rings. The number of urea groups is 1. The Bertz CT molecular complexity index is 635. The Kier molecular flexibility index (Phi) is 7.18. The number of rotatable bonds is 8. The number of carbonyl (C=O) groups is 2. The van der Waals surface area contributed by atoms with Crippen LogP contribution in [-0.4, -0.2) is 37.2 Å². The second-order valence-electron chi connectivity index (χ2n) is 5.63. The van der Waals surface area contributed by atoms with E-state index < -0.39 is 24.0 Å². The molecule has 136 valence electrons. The number of hydrogen-bond acceptors (Lipinski definition) is 5. The molecule has 2 atom stereocenters.